The summed E-state index contributed by atoms with van der Waals surface area (Å²) in [5.74, 6) is 0. The molecule has 0 saturated carbocycles. The Labute approximate surface area is 55.6 Å². The van der Waals surface area contributed by atoms with Gasteiger partial charge < -0.3 is 9.47 Å². The molecule has 0 aromatic carbocycles. The molecule has 0 unspecified atom stereocenters. The average molecular weight is 133 g/mol. The summed E-state index contributed by atoms with van der Waals surface area (Å²) in [5, 5.41) is 9.70. The Bertz CT molecular complexity index is 41.6. The van der Waals surface area contributed by atoms with Crippen LogP contribution in [0.4, 0.5) is 0 Å². The first-order valence-corrected chi connectivity index (χ1v) is 3.15. The number of hydrogen-bond acceptors (Lipinski definition) is 2. The van der Waals surface area contributed by atoms with E-state index in [1.165, 1.54) is 0 Å². The highest BCUT2D eigenvalue weighted by atomic mass is 16.6. The van der Waals surface area contributed by atoms with Gasteiger partial charge in [-0.05, 0) is 13.3 Å². The van der Waals surface area contributed by atoms with E-state index in [0.717, 1.165) is 13.0 Å². The van der Waals surface area contributed by atoms with E-state index in [-0.39, 0.29) is 0 Å². The number of hydrogen-bond donors (Lipinski definition) is 0. The van der Waals surface area contributed by atoms with E-state index in [1.54, 1.807) is 0 Å². The number of ether oxygens (including phenoxy) is 2. The molecule has 0 saturated heterocycles. The van der Waals surface area contributed by atoms with Crippen LogP contribution in [-0.2, 0) is 14.6 Å². The van der Waals surface area contributed by atoms with Gasteiger partial charge in [0.2, 0.25) is 0 Å². The molecule has 0 N–H and O–H groups in total. The fraction of sp³-hybridized carbons (Fsp3) is 1.00. The van der Waals surface area contributed by atoms with E-state index in [1.807, 2.05) is 6.92 Å². The smallest absolute Gasteiger partial charge is 0.180 e. The molecule has 3 heteroatoms. The van der Waals surface area contributed by atoms with Crippen LogP contribution in [0.1, 0.15) is 13.3 Å². The summed E-state index contributed by atoms with van der Waals surface area (Å²) in [7, 11) is 0. The summed E-state index contributed by atoms with van der Waals surface area (Å²) >= 11 is 0. The van der Waals surface area contributed by atoms with Gasteiger partial charge in [-0.2, -0.15) is 0 Å². The maximum Gasteiger partial charge on any atom is 0.180 e. The quantitative estimate of drug-likeness (QED) is 0.397. The van der Waals surface area contributed by atoms with E-state index in [4.69, 9.17) is 4.74 Å². The Morgan fingerprint density at radius 3 is 2.44 bits per heavy atom. The lowest BCUT2D eigenvalue weighted by Crippen LogP contribution is -2.00. The monoisotopic (exact) mass is 133 g/mol. The standard InChI is InChI=1S/C6H13O3/c1-2-8-4-3-5-9-6-7/h2-6H2,1H3. The Kier molecular flexibility index (Phi) is 7.77. The molecule has 1 radical (unpaired) electrons. The van der Waals surface area contributed by atoms with Crippen LogP contribution in [0, 0.1) is 0 Å². The summed E-state index contributed by atoms with van der Waals surface area (Å²) < 4.78 is 9.54. The molecule has 0 rings (SSSR count). The van der Waals surface area contributed by atoms with Crippen molar-refractivity contribution in [1.29, 1.82) is 0 Å². The zero-order chi connectivity index (χ0) is 6.95. The van der Waals surface area contributed by atoms with E-state index >= 15 is 0 Å². The minimum Gasteiger partial charge on any atom is -0.382 e. The molecule has 0 heterocycles. The molecule has 0 atom stereocenters. The second kappa shape index (κ2) is 7.88. The van der Waals surface area contributed by atoms with Crippen LogP contribution in [0.5, 0.6) is 0 Å². The first kappa shape index (κ1) is 8.88. The largest absolute Gasteiger partial charge is 0.382 e. The Morgan fingerprint density at radius 2 is 1.89 bits per heavy atom. The SMILES string of the molecule is CCOCCCOC[O]. The molecule has 0 aromatic rings. The van der Waals surface area contributed by atoms with Crippen LogP contribution in [0.25, 0.3) is 0 Å². The van der Waals surface area contributed by atoms with Gasteiger partial charge in [0.1, 0.15) is 0 Å². The molecular weight excluding hydrogens is 120 g/mol. The second-order valence-electron chi connectivity index (χ2n) is 1.58. The summed E-state index contributed by atoms with van der Waals surface area (Å²) in [6, 6.07) is 0. The van der Waals surface area contributed by atoms with Crippen LogP contribution >= 0.6 is 0 Å². The van der Waals surface area contributed by atoms with Crippen LogP contribution in [-0.4, -0.2) is 26.6 Å². The van der Waals surface area contributed by atoms with Crippen molar-refractivity contribution in [3.05, 3.63) is 0 Å². The van der Waals surface area contributed by atoms with Gasteiger partial charge in [-0.1, -0.05) is 0 Å². The van der Waals surface area contributed by atoms with Crippen LogP contribution in [0.2, 0.25) is 0 Å². The zero-order valence-electron chi connectivity index (χ0n) is 5.76. The van der Waals surface area contributed by atoms with Crippen LogP contribution in [0.15, 0.2) is 0 Å². The van der Waals surface area contributed by atoms with E-state index in [2.05, 4.69) is 4.74 Å². The highest BCUT2D eigenvalue weighted by molar-refractivity contribution is 4.30. The van der Waals surface area contributed by atoms with Crippen molar-refractivity contribution in [1.82, 2.24) is 0 Å². The van der Waals surface area contributed by atoms with E-state index in [9.17, 15) is 5.11 Å². The lowest BCUT2D eigenvalue weighted by atomic mass is 10.5. The van der Waals surface area contributed by atoms with Crippen LogP contribution < -0.4 is 0 Å². The normalized spacial score (nSPS) is 10.0. The third-order valence-electron chi connectivity index (χ3n) is 0.865. The van der Waals surface area contributed by atoms with Gasteiger partial charge in [-0.3, -0.25) is 0 Å². The van der Waals surface area contributed by atoms with Crippen molar-refractivity contribution in [2.75, 3.05) is 26.6 Å². The summed E-state index contributed by atoms with van der Waals surface area (Å²) in [6.45, 7) is 3.44. The molecule has 0 aliphatic rings. The summed E-state index contributed by atoms with van der Waals surface area (Å²) in [4.78, 5) is 0. The maximum atomic E-state index is 9.70. The summed E-state index contributed by atoms with van der Waals surface area (Å²) in [6.07, 6.45) is 0.816. The highest BCUT2D eigenvalue weighted by Gasteiger charge is 1.85. The lowest BCUT2D eigenvalue weighted by Gasteiger charge is -1.98. The van der Waals surface area contributed by atoms with Crippen molar-refractivity contribution in [3.8, 4) is 0 Å². The molecule has 3 nitrogen and oxygen atoms in total. The van der Waals surface area contributed by atoms with Gasteiger partial charge >= 0.3 is 0 Å². The molecule has 9 heavy (non-hydrogen) atoms. The molecule has 55 valence electrons. The van der Waals surface area contributed by atoms with E-state index in [0.29, 0.717) is 13.2 Å². The minimum atomic E-state index is -0.438. The van der Waals surface area contributed by atoms with Gasteiger partial charge in [0.05, 0.1) is 6.61 Å². The highest BCUT2D eigenvalue weighted by Crippen LogP contribution is 1.82. The Balaban J connectivity index is 2.60. The third-order valence-corrected chi connectivity index (χ3v) is 0.865. The molecule has 0 aliphatic carbocycles. The topological polar surface area (TPSA) is 38.4 Å². The zero-order valence-corrected chi connectivity index (χ0v) is 5.76. The van der Waals surface area contributed by atoms with Gasteiger partial charge in [0.25, 0.3) is 0 Å². The molecule has 0 aliphatic heterocycles. The second-order valence-corrected chi connectivity index (χ2v) is 1.58. The van der Waals surface area contributed by atoms with Gasteiger partial charge in [-0.15, -0.1) is 0 Å². The predicted octanol–water partition coefficient (Wildman–Crippen LogP) is 0.818. The first-order chi connectivity index (χ1) is 4.41. The lowest BCUT2D eigenvalue weighted by molar-refractivity contribution is -0.0488. The fourth-order valence-corrected chi connectivity index (χ4v) is 0.466. The molecule has 0 bridgehead atoms. The van der Waals surface area contributed by atoms with Crippen molar-refractivity contribution < 1.29 is 14.6 Å². The van der Waals surface area contributed by atoms with Gasteiger partial charge in [-0.25, -0.2) is 5.11 Å². The first-order valence-electron chi connectivity index (χ1n) is 3.15. The van der Waals surface area contributed by atoms with Crippen molar-refractivity contribution in [2.24, 2.45) is 0 Å². The minimum absolute atomic E-state index is 0.438. The molecular formula is C6H13O3. The van der Waals surface area contributed by atoms with Gasteiger partial charge in [0.15, 0.2) is 6.79 Å². The predicted molar refractivity (Wildman–Crippen MR) is 32.6 cm³/mol. The molecule has 0 aromatic heterocycles. The molecule has 0 spiro atoms. The van der Waals surface area contributed by atoms with Gasteiger partial charge in [0, 0.05) is 13.2 Å². The Hall–Kier alpha value is -0.120. The van der Waals surface area contributed by atoms with Crippen molar-refractivity contribution in [3.63, 3.8) is 0 Å². The average Bonchev–Trinajstić information content (AvgIpc) is 1.89. The summed E-state index contributed by atoms with van der Waals surface area (Å²) in [5.41, 5.74) is 0. The molecule has 0 amide bonds. The molecule has 0 fully saturated rings. The number of rotatable bonds is 6. The van der Waals surface area contributed by atoms with Crippen molar-refractivity contribution in [2.45, 2.75) is 13.3 Å². The van der Waals surface area contributed by atoms with Crippen molar-refractivity contribution >= 4 is 0 Å². The third kappa shape index (κ3) is 7.88. The Morgan fingerprint density at radius 1 is 1.22 bits per heavy atom. The fourth-order valence-electron chi connectivity index (χ4n) is 0.466. The van der Waals surface area contributed by atoms with E-state index < -0.39 is 6.79 Å². The van der Waals surface area contributed by atoms with Crippen LogP contribution in [0.3, 0.4) is 0 Å². The maximum absolute atomic E-state index is 9.70.